The second-order valence-electron chi connectivity index (χ2n) is 8.96. The van der Waals surface area contributed by atoms with Crippen LogP contribution in [0, 0.1) is 0 Å². The van der Waals surface area contributed by atoms with Crippen LogP contribution in [0.1, 0.15) is 116 Å². The Kier molecular flexibility index (Phi) is 15.0. The van der Waals surface area contributed by atoms with Crippen LogP contribution in [0.5, 0.6) is 0 Å². The highest BCUT2D eigenvalue weighted by atomic mass is 15.0. The van der Waals surface area contributed by atoms with E-state index in [9.17, 15) is 0 Å². The van der Waals surface area contributed by atoms with Gasteiger partial charge in [0.25, 0.3) is 0 Å². The molecule has 4 heteroatoms. The highest BCUT2D eigenvalue weighted by Crippen LogP contribution is 2.14. The van der Waals surface area contributed by atoms with Gasteiger partial charge in [0.2, 0.25) is 0 Å². The molecule has 0 aliphatic heterocycles. The van der Waals surface area contributed by atoms with Crippen LogP contribution >= 0.6 is 0 Å². The van der Waals surface area contributed by atoms with E-state index in [1.807, 2.05) is 25.0 Å². The predicted molar refractivity (Wildman–Crippen MR) is 128 cm³/mol. The average molecular weight is 415 g/mol. The van der Waals surface area contributed by atoms with Gasteiger partial charge in [0.05, 0.1) is 12.7 Å². The number of aromatic nitrogens is 4. The number of hydrogen-bond acceptors (Lipinski definition) is 2. The summed E-state index contributed by atoms with van der Waals surface area (Å²) in [6.07, 6.45) is 37.2. The maximum Gasteiger partial charge on any atom is 0.0945 e. The molecule has 0 saturated heterocycles. The molecule has 2 aromatic rings. The van der Waals surface area contributed by atoms with E-state index >= 15 is 0 Å². The van der Waals surface area contributed by atoms with E-state index < -0.39 is 0 Å². The first-order chi connectivity index (χ1) is 14.9. The second kappa shape index (κ2) is 18.2. The van der Waals surface area contributed by atoms with Gasteiger partial charge in [-0.2, -0.15) is 0 Å². The van der Waals surface area contributed by atoms with Crippen molar-refractivity contribution in [3.63, 3.8) is 0 Å². The lowest BCUT2D eigenvalue weighted by molar-refractivity contribution is 0.514. The van der Waals surface area contributed by atoms with Gasteiger partial charge in [-0.1, -0.05) is 103 Å². The molecule has 0 aliphatic carbocycles. The van der Waals surface area contributed by atoms with Crippen molar-refractivity contribution in [3.05, 3.63) is 37.4 Å². The van der Waals surface area contributed by atoms with E-state index in [2.05, 4.69) is 31.5 Å². The third-order valence-electron chi connectivity index (χ3n) is 6.20. The first-order valence-electron chi connectivity index (χ1n) is 12.9. The van der Waals surface area contributed by atoms with Gasteiger partial charge in [0.15, 0.2) is 0 Å². The minimum atomic E-state index is 1.13. The van der Waals surface area contributed by atoms with Gasteiger partial charge < -0.3 is 9.13 Å². The molecule has 0 aliphatic rings. The summed E-state index contributed by atoms with van der Waals surface area (Å²) in [5.41, 5.74) is 0. The largest absolute Gasteiger partial charge is 0.337 e. The SMILES string of the molecule is c1cn(CCCCCCCCCCCCCCCCCCCCn2ccnc2)cn1. The van der Waals surface area contributed by atoms with E-state index in [0.717, 1.165) is 13.1 Å². The van der Waals surface area contributed by atoms with Gasteiger partial charge in [-0.25, -0.2) is 9.97 Å². The summed E-state index contributed by atoms with van der Waals surface area (Å²) in [6, 6.07) is 0. The van der Waals surface area contributed by atoms with E-state index in [0.29, 0.717) is 0 Å². The Morgan fingerprint density at radius 2 is 0.633 bits per heavy atom. The molecular formula is C26H46N4. The minimum Gasteiger partial charge on any atom is -0.337 e. The van der Waals surface area contributed by atoms with Gasteiger partial charge in [0.1, 0.15) is 0 Å². The fourth-order valence-corrected chi connectivity index (χ4v) is 4.26. The summed E-state index contributed by atoms with van der Waals surface area (Å²) in [5, 5.41) is 0. The molecule has 0 radical (unpaired) electrons. The summed E-state index contributed by atoms with van der Waals surface area (Å²) < 4.78 is 4.37. The van der Waals surface area contributed by atoms with Crippen molar-refractivity contribution in [1.82, 2.24) is 19.1 Å². The lowest BCUT2D eigenvalue weighted by atomic mass is 10.0. The average Bonchev–Trinajstić information content (AvgIpc) is 3.46. The van der Waals surface area contributed by atoms with Crippen LogP contribution in [-0.4, -0.2) is 19.1 Å². The number of rotatable bonds is 21. The zero-order valence-electron chi connectivity index (χ0n) is 19.4. The highest BCUT2D eigenvalue weighted by Gasteiger charge is 1.96. The Morgan fingerprint density at radius 3 is 0.867 bits per heavy atom. The van der Waals surface area contributed by atoms with Crippen LogP contribution in [0.15, 0.2) is 37.4 Å². The maximum absolute atomic E-state index is 4.09. The quantitative estimate of drug-likeness (QED) is 0.195. The fraction of sp³-hybridized carbons (Fsp3) is 0.769. The highest BCUT2D eigenvalue weighted by molar-refractivity contribution is 4.74. The normalized spacial score (nSPS) is 11.3. The number of nitrogens with zero attached hydrogens (tertiary/aromatic N) is 4. The molecule has 0 amide bonds. The molecule has 2 heterocycles. The van der Waals surface area contributed by atoms with Gasteiger partial charge in [-0.05, 0) is 12.8 Å². The number of imidazole rings is 2. The molecule has 0 saturated carbocycles. The zero-order chi connectivity index (χ0) is 21.0. The van der Waals surface area contributed by atoms with Crippen LogP contribution in [0.25, 0.3) is 0 Å². The van der Waals surface area contributed by atoms with E-state index in [-0.39, 0.29) is 0 Å². The van der Waals surface area contributed by atoms with Crippen LogP contribution in [-0.2, 0) is 13.1 Å². The summed E-state index contributed by atoms with van der Waals surface area (Å²) in [7, 11) is 0. The van der Waals surface area contributed by atoms with Gasteiger partial charge >= 0.3 is 0 Å². The molecule has 30 heavy (non-hydrogen) atoms. The van der Waals surface area contributed by atoms with E-state index in [1.54, 1.807) is 0 Å². The van der Waals surface area contributed by atoms with Crippen molar-refractivity contribution < 1.29 is 0 Å². The molecule has 0 aromatic carbocycles. The van der Waals surface area contributed by atoms with Gasteiger partial charge in [-0.15, -0.1) is 0 Å². The first-order valence-corrected chi connectivity index (χ1v) is 12.9. The Bertz CT molecular complexity index is 510. The smallest absolute Gasteiger partial charge is 0.0945 e. The fourth-order valence-electron chi connectivity index (χ4n) is 4.26. The maximum atomic E-state index is 4.09. The Hall–Kier alpha value is -1.58. The summed E-state index contributed by atoms with van der Waals surface area (Å²) in [5.74, 6) is 0. The van der Waals surface area contributed by atoms with E-state index in [4.69, 9.17) is 0 Å². The first kappa shape index (κ1) is 24.7. The molecule has 2 rings (SSSR count). The lowest BCUT2D eigenvalue weighted by Crippen LogP contribution is -1.94. The molecule has 0 fully saturated rings. The van der Waals surface area contributed by atoms with E-state index in [1.165, 1.54) is 116 Å². The summed E-state index contributed by atoms with van der Waals surface area (Å²) in [6.45, 7) is 2.26. The third kappa shape index (κ3) is 13.6. The molecule has 4 nitrogen and oxygen atoms in total. The number of aryl methyl sites for hydroxylation is 2. The van der Waals surface area contributed by atoms with Gasteiger partial charge in [-0.3, -0.25) is 0 Å². The molecular weight excluding hydrogens is 368 g/mol. The zero-order valence-corrected chi connectivity index (χ0v) is 19.4. The lowest BCUT2D eigenvalue weighted by Gasteiger charge is -2.05. The van der Waals surface area contributed by atoms with Crippen molar-refractivity contribution in [1.29, 1.82) is 0 Å². The topological polar surface area (TPSA) is 35.6 Å². The second-order valence-corrected chi connectivity index (χ2v) is 8.96. The molecule has 0 N–H and O–H groups in total. The standard InChI is InChI=1S/C26H46N4/c1(3-5-7-9-11-13-15-17-21-29-23-19-27-25-29)2-4-6-8-10-12-14-16-18-22-30-24-20-28-26-30/h19-20,23-26H,1-18,21-22H2. The molecule has 0 spiro atoms. The Balaban J connectivity index is 1.19. The molecule has 0 bridgehead atoms. The van der Waals surface area contributed by atoms with Gasteiger partial charge in [0, 0.05) is 37.9 Å². The predicted octanol–water partition coefficient (Wildman–Crippen LogP) is 7.80. The summed E-state index contributed by atoms with van der Waals surface area (Å²) in [4.78, 5) is 8.18. The molecule has 0 unspecified atom stereocenters. The van der Waals surface area contributed by atoms with Crippen LogP contribution in [0.3, 0.4) is 0 Å². The van der Waals surface area contributed by atoms with Crippen LogP contribution in [0.2, 0.25) is 0 Å². The summed E-state index contributed by atoms with van der Waals surface area (Å²) >= 11 is 0. The van der Waals surface area contributed by atoms with Crippen molar-refractivity contribution in [2.75, 3.05) is 0 Å². The Morgan fingerprint density at radius 1 is 0.367 bits per heavy atom. The monoisotopic (exact) mass is 414 g/mol. The minimum absolute atomic E-state index is 1.13. The molecule has 170 valence electrons. The third-order valence-corrected chi connectivity index (χ3v) is 6.20. The van der Waals surface area contributed by atoms with Crippen LogP contribution in [0.4, 0.5) is 0 Å². The molecule has 0 atom stereocenters. The number of unbranched alkanes of at least 4 members (excludes halogenated alkanes) is 17. The van der Waals surface area contributed by atoms with Crippen LogP contribution < -0.4 is 0 Å². The number of hydrogen-bond donors (Lipinski definition) is 0. The van der Waals surface area contributed by atoms with Crippen molar-refractivity contribution in [2.45, 2.75) is 129 Å². The van der Waals surface area contributed by atoms with Crippen molar-refractivity contribution in [2.24, 2.45) is 0 Å². The molecule has 2 aromatic heterocycles. The van der Waals surface area contributed by atoms with Crippen molar-refractivity contribution in [3.8, 4) is 0 Å². The Labute approximate surface area is 185 Å². The van der Waals surface area contributed by atoms with Crippen molar-refractivity contribution >= 4 is 0 Å².